The van der Waals surface area contributed by atoms with E-state index in [1.165, 1.54) is 18.4 Å². The summed E-state index contributed by atoms with van der Waals surface area (Å²) in [5.41, 5.74) is 2.13. The molecule has 1 fully saturated rings. The maximum absolute atomic E-state index is 12.5. The summed E-state index contributed by atoms with van der Waals surface area (Å²) in [5.74, 6) is 0.758. The first kappa shape index (κ1) is 16.2. The Morgan fingerprint density at radius 2 is 1.95 bits per heavy atom. The van der Waals surface area contributed by atoms with Crippen LogP contribution in [0.5, 0.6) is 0 Å². The monoisotopic (exact) mass is 288 g/mol. The van der Waals surface area contributed by atoms with Gasteiger partial charge in [0.25, 0.3) is 0 Å². The maximum atomic E-state index is 12.5. The summed E-state index contributed by atoms with van der Waals surface area (Å²) in [6.45, 7) is 6.99. The molecule has 1 aromatic rings. The molecule has 1 aliphatic rings. The third-order valence-corrected chi connectivity index (χ3v) is 4.32. The third-order valence-electron chi connectivity index (χ3n) is 4.32. The van der Waals surface area contributed by atoms with Crippen LogP contribution in [0.2, 0.25) is 0 Å². The van der Waals surface area contributed by atoms with Gasteiger partial charge in [0.05, 0.1) is 6.54 Å². The molecule has 1 aliphatic heterocycles. The molecule has 21 heavy (non-hydrogen) atoms. The molecular weight excluding hydrogens is 260 g/mol. The number of likely N-dealkylation sites (N-methyl/N-ethyl adjacent to an activating group) is 1. The summed E-state index contributed by atoms with van der Waals surface area (Å²) in [4.78, 5) is 17.0. The Bertz CT molecular complexity index is 465. The van der Waals surface area contributed by atoms with E-state index < -0.39 is 0 Å². The first-order valence-electron chi connectivity index (χ1n) is 7.99. The molecular formula is C18H28N2O. The van der Waals surface area contributed by atoms with Crippen molar-refractivity contribution in [2.75, 3.05) is 33.7 Å². The van der Waals surface area contributed by atoms with Gasteiger partial charge in [-0.15, -0.1) is 0 Å². The molecule has 0 radical (unpaired) electrons. The summed E-state index contributed by atoms with van der Waals surface area (Å²) in [5, 5.41) is 0. The van der Waals surface area contributed by atoms with Gasteiger partial charge >= 0.3 is 0 Å². The zero-order valence-electron chi connectivity index (χ0n) is 13.8. The standard InChI is InChI=1S/C18H28N2O/c1-14(2)15-7-9-16(10-8-15)18(21)13-20-11-5-6-17(20)12-19(3)4/h7-10,14,17H,5-6,11-13H2,1-4H3. The van der Waals surface area contributed by atoms with Crippen LogP contribution in [0.15, 0.2) is 24.3 Å². The minimum Gasteiger partial charge on any atom is -0.308 e. The van der Waals surface area contributed by atoms with E-state index in [0.29, 0.717) is 18.5 Å². The van der Waals surface area contributed by atoms with Gasteiger partial charge in [-0.3, -0.25) is 9.69 Å². The highest BCUT2D eigenvalue weighted by Crippen LogP contribution is 2.19. The average Bonchev–Trinajstić information content (AvgIpc) is 2.85. The fourth-order valence-electron chi connectivity index (χ4n) is 3.06. The van der Waals surface area contributed by atoms with E-state index in [1.54, 1.807) is 0 Å². The number of carbonyl (C=O) groups excluding carboxylic acids is 1. The van der Waals surface area contributed by atoms with Crippen LogP contribution in [0.25, 0.3) is 0 Å². The Labute approximate surface area is 128 Å². The Morgan fingerprint density at radius 3 is 2.52 bits per heavy atom. The second-order valence-corrected chi connectivity index (χ2v) is 6.73. The predicted octanol–water partition coefficient (Wildman–Crippen LogP) is 3.02. The summed E-state index contributed by atoms with van der Waals surface area (Å²) in [6.07, 6.45) is 2.41. The molecule has 0 aromatic heterocycles. The fourth-order valence-corrected chi connectivity index (χ4v) is 3.06. The summed E-state index contributed by atoms with van der Waals surface area (Å²) >= 11 is 0. The van der Waals surface area contributed by atoms with Crippen LogP contribution in [0.1, 0.15) is 48.5 Å². The van der Waals surface area contributed by atoms with Gasteiger partial charge in [-0.05, 0) is 45.0 Å². The first-order valence-corrected chi connectivity index (χ1v) is 7.99. The Morgan fingerprint density at radius 1 is 1.29 bits per heavy atom. The van der Waals surface area contributed by atoms with Crippen molar-refractivity contribution < 1.29 is 4.79 Å². The topological polar surface area (TPSA) is 23.6 Å². The average molecular weight is 288 g/mol. The molecule has 0 N–H and O–H groups in total. The van der Waals surface area contributed by atoms with E-state index in [9.17, 15) is 4.79 Å². The molecule has 1 unspecified atom stereocenters. The summed E-state index contributed by atoms with van der Waals surface area (Å²) in [6, 6.07) is 8.65. The number of likely N-dealkylation sites (tertiary alicyclic amines) is 1. The van der Waals surface area contributed by atoms with Crippen molar-refractivity contribution in [3.05, 3.63) is 35.4 Å². The van der Waals surface area contributed by atoms with Crippen LogP contribution in [0, 0.1) is 0 Å². The van der Waals surface area contributed by atoms with Crippen molar-refractivity contribution in [1.29, 1.82) is 0 Å². The number of benzene rings is 1. The Hall–Kier alpha value is -1.19. The molecule has 116 valence electrons. The van der Waals surface area contributed by atoms with Crippen molar-refractivity contribution in [2.45, 2.75) is 38.6 Å². The molecule has 1 atom stereocenters. The highest BCUT2D eigenvalue weighted by molar-refractivity contribution is 5.97. The molecule has 1 saturated heterocycles. The SMILES string of the molecule is CC(C)c1ccc(C(=O)CN2CCCC2CN(C)C)cc1. The maximum Gasteiger partial charge on any atom is 0.176 e. The van der Waals surface area contributed by atoms with Crippen LogP contribution in [-0.2, 0) is 0 Å². The molecule has 0 bridgehead atoms. The molecule has 3 heteroatoms. The minimum atomic E-state index is 0.246. The van der Waals surface area contributed by atoms with Gasteiger partial charge < -0.3 is 4.90 Å². The zero-order chi connectivity index (χ0) is 15.4. The van der Waals surface area contributed by atoms with Crippen LogP contribution in [-0.4, -0.2) is 55.4 Å². The van der Waals surface area contributed by atoms with Crippen LogP contribution < -0.4 is 0 Å². The van der Waals surface area contributed by atoms with E-state index in [4.69, 9.17) is 0 Å². The van der Waals surface area contributed by atoms with Gasteiger partial charge in [-0.25, -0.2) is 0 Å². The Kier molecular flexibility index (Phi) is 5.54. The molecule has 1 aromatic carbocycles. The van der Waals surface area contributed by atoms with E-state index >= 15 is 0 Å². The highest BCUT2D eigenvalue weighted by Gasteiger charge is 2.26. The smallest absolute Gasteiger partial charge is 0.176 e. The third kappa shape index (κ3) is 4.39. The van der Waals surface area contributed by atoms with E-state index in [2.05, 4.69) is 49.9 Å². The second-order valence-electron chi connectivity index (χ2n) is 6.73. The van der Waals surface area contributed by atoms with Gasteiger partial charge in [-0.2, -0.15) is 0 Å². The molecule has 0 spiro atoms. The number of hydrogen-bond donors (Lipinski definition) is 0. The van der Waals surface area contributed by atoms with E-state index in [1.807, 2.05) is 12.1 Å². The summed E-state index contributed by atoms with van der Waals surface area (Å²) in [7, 11) is 4.20. The predicted molar refractivity (Wildman–Crippen MR) is 88.0 cm³/mol. The minimum absolute atomic E-state index is 0.246. The van der Waals surface area contributed by atoms with Crippen LogP contribution >= 0.6 is 0 Å². The lowest BCUT2D eigenvalue weighted by atomic mass is 10.0. The van der Waals surface area contributed by atoms with Crippen molar-refractivity contribution in [2.24, 2.45) is 0 Å². The number of carbonyl (C=O) groups is 1. The summed E-state index contributed by atoms with van der Waals surface area (Å²) < 4.78 is 0. The van der Waals surface area contributed by atoms with Crippen LogP contribution in [0.3, 0.4) is 0 Å². The number of hydrogen-bond acceptors (Lipinski definition) is 3. The second kappa shape index (κ2) is 7.19. The molecule has 2 rings (SSSR count). The largest absolute Gasteiger partial charge is 0.308 e. The van der Waals surface area contributed by atoms with E-state index in [0.717, 1.165) is 18.7 Å². The highest BCUT2D eigenvalue weighted by atomic mass is 16.1. The van der Waals surface area contributed by atoms with Gasteiger partial charge in [-0.1, -0.05) is 38.1 Å². The fraction of sp³-hybridized carbons (Fsp3) is 0.611. The zero-order valence-corrected chi connectivity index (χ0v) is 13.8. The first-order chi connectivity index (χ1) is 9.97. The number of Topliss-reactive ketones (excluding diaryl/α,β-unsaturated/α-hetero) is 1. The number of ketones is 1. The normalized spacial score (nSPS) is 19.6. The van der Waals surface area contributed by atoms with E-state index in [-0.39, 0.29) is 5.78 Å². The lowest BCUT2D eigenvalue weighted by Crippen LogP contribution is -2.40. The van der Waals surface area contributed by atoms with Crippen molar-refractivity contribution in [3.63, 3.8) is 0 Å². The lowest BCUT2D eigenvalue weighted by Gasteiger charge is -2.26. The van der Waals surface area contributed by atoms with Crippen molar-refractivity contribution in [3.8, 4) is 0 Å². The number of nitrogens with zero attached hydrogens (tertiary/aromatic N) is 2. The quantitative estimate of drug-likeness (QED) is 0.752. The lowest BCUT2D eigenvalue weighted by molar-refractivity contribution is 0.0910. The van der Waals surface area contributed by atoms with Crippen molar-refractivity contribution in [1.82, 2.24) is 9.80 Å². The van der Waals surface area contributed by atoms with Crippen molar-refractivity contribution >= 4 is 5.78 Å². The van der Waals surface area contributed by atoms with Gasteiger partial charge in [0, 0.05) is 18.2 Å². The molecule has 0 amide bonds. The molecule has 1 heterocycles. The van der Waals surface area contributed by atoms with Crippen LogP contribution in [0.4, 0.5) is 0 Å². The Balaban J connectivity index is 1.97. The molecule has 0 aliphatic carbocycles. The molecule has 3 nitrogen and oxygen atoms in total. The number of rotatable bonds is 6. The van der Waals surface area contributed by atoms with Gasteiger partial charge in [0.2, 0.25) is 0 Å². The van der Waals surface area contributed by atoms with Gasteiger partial charge in [0.15, 0.2) is 5.78 Å². The van der Waals surface area contributed by atoms with Gasteiger partial charge in [0.1, 0.15) is 0 Å². The molecule has 0 saturated carbocycles.